The number of hydrogen-bond donors (Lipinski definition) is 2. The maximum absolute atomic E-state index is 13.8. The van der Waals surface area contributed by atoms with Crippen LogP contribution in [0, 0.1) is 12.7 Å². The van der Waals surface area contributed by atoms with Gasteiger partial charge in [0, 0.05) is 12.0 Å². The molecule has 0 fully saturated rings. The SMILES string of the molecule is Cc1nc2ccc(-n3ncc(C(=O)C4=Cc5cc(Br)c(F)cc5C4)c3N)cc2[nH]1. The Kier molecular flexibility index (Phi) is 3.92. The van der Waals surface area contributed by atoms with E-state index in [1.807, 2.05) is 25.1 Å². The lowest BCUT2D eigenvalue weighted by atomic mass is 10.0. The molecule has 2 aromatic heterocycles. The van der Waals surface area contributed by atoms with Crippen molar-refractivity contribution in [3.63, 3.8) is 0 Å². The monoisotopic (exact) mass is 451 g/mol. The zero-order chi connectivity index (χ0) is 20.3. The van der Waals surface area contributed by atoms with Crippen molar-refractivity contribution in [2.24, 2.45) is 0 Å². The van der Waals surface area contributed by atoms with Gasteiger partial charge in [-0.3, -0.25) is 4.79 Å². The molecular weight excluding hydrogens is 437 g/mol. The number of hydrogen-bond acceptors (Lipinski definition) is 4. The normalized spacial score (nSPS) is 13.0. The van der Waals surface area contributed by atoms with Crippen molar-refractivity contribution in [3.05, 3.63) is 74.9 Å². The summed E-state index contributed by atoms with van der Waals surface area (Å²) in [5, 5.41) is 4.31. The van der Waals surface area contributed by atoms with Crippen LogP contribution in [-0.2, 0) is 6.42 Å². The second kappa shape index (κ2) is 6.38. The standard InChI is InChI=1S/C21H15BrFN5O/c1-10-26-18-3-2-14(8-19(18)27-10)28-21(24)15(9-25-28)20(29)13-4-11-6-16(22)17(23)7-12(11)5-13/h2-4,6-9H,5,24H2,1H3,(H,26,27). The smallest absolute Gasteiger partial charge is 0.194 e. The second-order valence-corrected chi connectivity index (χ2v) is 7.87. The number of rotatable bonds is 3. The molecule has 0 radical (unpaired) electrons. The van der Waals surface area contributed by atoms with Gasteiger partial charge < -0.3 is 10.7 Å². The second-order valence-electron chi connectivity index (χ2n) is 7.02. The fourth-order valence-corrected chi connectivity index (χ4v) is 4.01. The van der Waals surface area contributed by atoms with Gasteiger partial charge in [0.05, 0.1) is 33.0 Å². The molecule has 3 N–H and O–H groups in total. The fourth-order valence-electron chi connectivity index (χ4n) is 3.65. The lowest BCUT2D eigenvalue weighted by molar-refractivity contribution is 0.103. The minimum Gasteiger partial charge on any atom is -0.383 e. The third kappa shape index (κ3) is 2.87. The third-order valence-corrected chi connectivity index (χ3v) is 5.67. The molecule has 1 aliphatic rings. The van der Waals surface area contributed by atoms with E-state index >= 15 is 0 Å². The number of aromatic nitrogens is 4. The summed E-state index contributed by atoms with van der Waals surface area (Å²) in [5.74, 6) is 0.523. The number of aryl methyl sites for hydroxylation is 1. The number of anilines is 1. The Labute approximate surface area is 173 Å². The molecule has 0 bridgehead atoms. The highest BCUT2D eigenvalue weighted by molar-refractivity contribution is 9.10. The predicted molar refractivity (Wildman–Crippen MR) is 112 cm³/mol. The number of benzene rings is 2. The molecule has 0 aliphatic heterocycles. The first-order valence-electron chi connectivity index (χ1n) is 8.94. The lowest BCUT2D eigenvalue weighted by Gasteiger charge is -2.06. The zero-order valence-electron chi connectivity index (χ0n) is 15.3. The third-order valence-electron chi connectivity index (χ3n) is 5.06. The summed E-state index contributed by atoms with van der Waals surface area (Å²) < 4.78 is 15.7. The molecule has 144 valence electrons. The molecule has 5 rings (SSSR count). The molecule has 4 aromatic rings. The first kappa shape index (κ1) is 17.8. The van der Waals surface area contributed by atoms with E-state index < -0.39 is 0 Å². The molecule has 6 nitrogen and oxygen atoms in total. The van der Waals surface area contributed by atoms with Crippen molar-refractivity contribution in [2.45, 2.75) is 13.3 Å². The Morgan fingerprint density at radius 1 is 1.31 bits per heavy atom. The summed E-state index contributed by atoms with van der Waals surface area (Å²) in [5.41, 5.74) is 11.2. The number of imidazole rings is 1. The number of fused-ring (bicyclic) bond motifs is 2. The quantitative estimate of drug-likeness (QED) is 0.452. The van der Waals surface area contributed by atoms with Crippen LogP contribution >= 0.6 is 15.9 Å². The van der Waals surface area contributed by atoms with Gasteiger partial charge in [-0.15, -0.1) is 0 Å². The number of Topliss-reactive ketones (excluding diaryl/α,β-unsaturated/α-hetero) is 1. The van der Waals surface area contributed by atoms with E-state index in [0.29, 0.717) is 22.0 Å². The molecule has 8 heteroatoms. The topological polar surface area (TPSA) is 89.6 Å². The van der Waals surface area contributed by atoms with Crippen LogP contribution in [0.5, 0.6) is 0 Å². The van der Waals surface area contributed by atoms with Gasteiger partial charge in [-0.05, 0) is 70.4 Å². The predicted octanol–water partition coefficient (Wildman–Crippen LogP) is 4.36. The van der Waals surface area contributed by atoms with Crippen LogP contribution in [-0.4, -0.2) is 25.5 Å². The van der Waals surface area contributed by atoms with Crippen LogP contribution in [0.2, 0.25) is 0 Å². The number of carbonyl (C=O) groups is 1. The number of allylic oxidation sites excluding steroid dienone is 1. The summed E-state index contributed by atoms with van der Waals surface area (Å²) in [6, 6.07) is 8.74. The number of ketones is 1. The first-order valence-corrected chi connectivity index (χ1v) is 9.73. The van der Waals surface area contributed by atoms with E-state index in [2.05, 4.69) is 31.0 Å². The van der Waals surface area contributed by atoms with Gasteiger partial charge in [-0.1, -0.05) is 0 Å². The number of halogens is 2. The van der Waals surface area contributed by atoms with Gasteiger partial charge in [0.15, 0.2) is 5.78 Å². The van der Waals surface area contributed by atoms with E-state index in [4.69, 9.17) is 5.73 Å². The first-order chi connectivity index (χ1) is 13.9. The molecular formula is C21H15BrFN5O. The molecule has 0 atom stereocenters. The Hall–Kier alpha value is -3.26. The number of nitrogen functional groups attached to an aromatic ring is 1. The van der Waals surface area contributed by atoms with Crippen LogP contribution in [0.15, 0.2) is 46.6 Å². The van der Waals surface area contributed by atoms with Crippen molar-refractivity contribution in [1.29, 1.82) is 0 Å². The minimum atomic E-state index is -0.345. The highest BCUT2D eigenvalue weighted by Gasteiger charge is 2.25. The highest BCUT2D eigenvalue weighted by atomic mass is 79.9. The van der Waals surface area contributed by atoms with Crippen LogP contribution < -0.4 is 5.73 Å². The maximum Gasteiger partial charge on any atom is 0.194 e. The molecule has 0 spiro atoms. The van der Waals surface area contributed by atoms with Crippen LogP contribution in [0.3, 0.4) is 0 Å². The van der Waals surface area contributed by atoms with E-state index in [-0.39, 0.29) is 17.4 Å². The van der Waals surface area contributed by atoms with E-state index in [9.17, 15) is 9.18 Å². The van der Waals surface area contributed by atoms with Crippen LogP contribution in [0.1, 0.15) is 27.3 Å². The highest BCUT2D eigenvalue weighted by Crippen LogP contribution is 2.32. The fraction of sp³-hybridized carbons (Fsp3) is 0.0952. The number of aromatic amines is 1. The van der Waals surface area contributed by atoms with Gasteiger partial charge in [0.25, 0.3) is 0 Å². The van der Waals surface area contributed by atoms with Crippen LogP contribution in [0.25, 0.3) is 22.8 Å². The van der Waals surface area contributed by atoms with Crippen LogP contribution in [0.4, 0.5) is 10.2 Å². The average Bonchev–Trinajstić information content (AvgIpc) is 3.36. The molecule has 1 aliphatic carbocycles. The number of carbonyl (C=O) groups excluding carboxylic acids is 1. The van der Waals surface area contributed by atoms with E-state index in [0.717, 1.165) is 33.7 Å². The van der Waals surface area contributed by atoms with Crippen molar-refractivity contribution < 1.29 is 9.18 Å². The Bertz CT molecular complexity index is 1350. The van der Waals surface area contributed by atoms with Crippen molar-refractivity contribution >= 4 is 44.6 Å². The molecule has 0 saturated carbocycles. The van der Waals surface area contributed by atoms with Gasteiger partial charge in [-0.2, -0.15) is 5.10 Å². The van der Waals surface area contributed by atoms with Gasteiger partial charge >= 0.3 is 0 Å². The molecule has 2 heterocycles. The summed E-state index contributed by atoms with van der Waals surface area (Å²) in [4.78, 5) is 20.6. The molecule has 0 unspecified atom stereocenters. The van der Waals surface area contributed by atoms with Gasteiger partial charge in [0.1, 0.15) is 17.5 Å². The Morgan fingerprint density at radius 2 is 2.14 bits per heavy atom. The summed E-state index contributed by atoms with van der Waals surface area (Å²) >= 11 is 3.18. The number of nitrogens with zero attached hydrogens (tertiary/aromatic N) is 3. The summed E-state index contributed by atoms with van der Waals surface area (Å²) in [6.45, 7) is 1.89. The Balaban J connectivity index is 1.49. The van der Waals surface area contributed by atoms with Crippen molar-refractivity contribution in [1.82, 2.24) is 19.7 Å². The largest absolute Gasteiger partial charge is 0.383 e. The molecule has 0 saturated heterocycles. The van der Waals surface area contributed by atoms with Crippen molar-refractivity contribution in [2.75, 3.05) is 5.73 Å². The lowest BCUT2D eigenvalue weighted by Crippen LogP contribution is -2.08. The zero-order valence-corrected chi connectivity index (χ0v) is 16.9. The van der Waals surface area contributed by atoms with Gasteiger partial charge in [-0.25, -0.2) is 14.1 Å². The van der Waals surface area contributed by atoms with Crippen molar-refractivity contribution in [3.8, 4) is 5.69 Å². The van der Waals surface area contributed by atoms with Gasteiger partial charge in [0.2, 0.25) is 0 Å². The number of H-pyrrole nitrogens is 1. The molecule has 0 amide bonds. The maximum atomic E-state index is 13.8. The molecule has 2 aromatic carbocycles. The minimum absolute atomic E-state index is 0.208. The van der Waals surface area contributed by atoms with E-state index in [1.165, 1.54) is 16.9 Å². The number of nitrogens with one attached hydrogen (secondary N) is 1. The average molecular weight is 452 g/mol. The Morgan fingerprint density at radius 3 is 2.97 bits per heavy atom. The summed E-state index contributed by atoms with van der Waals surface area (Å²) in [6.07, 6.45) is 3.61. The summed E-state index contributed by atoms with van der Waals surface area (Å²) in [7, 11) is 0. The number of nitrogens with two attached hydrogens (primary N) is 1. The molecule has 29 heavy (non-hydrogen) atoms. The van der Waals surface area contributed by atoms with E-state index in [1.54, 1.807) is 12.1 Å².